The molecule has 0 aromatic carbocycles. The number of carbonyl (C=O) groups is 1. The van der Waals surface area contributed by atoms with Crippen molar-refractivity contribution < 1.29 is 14.3 Å². The Morgan fingerprint density at radius 1 is 1.28 bits per heavy atom. The lowest BCUT2D eigenvalue weighted by Gasteiger charge is -2.22. The van der Waals surface area contributed by atoms with E-state index >= 15 is 0 Å². The Kier molecular flexibility index (Phi) is 6.36. The summed E-state index contributed by atoms with van der Waals surface area (Å²) in [5.41, 5.74) is 0. The fourth-order valence-electron chi connectivity index (χ4n) is 2.70. The summed E-state index contributed by atoms with van der Waals surface area (Å²) in [5, 5.41) is 0. The van der Waals surface area contributed by atoms with E-state index in [1.807, 2.05) is 0 Å². The highest BCUT2D eigenvalue weighted by molar-refractivity contribution is 6.70. The Hall–Kier alpha value is -0.353. The van der Waals surface area contributed by atoms with Crippen molar-refractivity contribution in [3.63, 3.8) is 0 Å². The van der Waals surface area contributed by atoms with Gasteiger partial charge < -0.3 is 4.89 Å². The fraction of sp³-hybridized carbons (Fsp3) is 0.929. The molecule has 0 spiro atoms. The van der Waals surface area contributed by atoms with Gasteiger partial charge in [0.2, 0.25) is 8.32 Å². The van der Waals surface area contributed by atoms with E-state index in [-0.39, 0.29) is 11.9 Å². The molecule has 0 N–H and O–H groups in total. The lowest BCUT2D eigenvalue weighted by atomic mass is 9.94. The van der Waals surface area contributed by atoms with Crippen molar-refractivity contribution in [1.29, 1.82) is 0 Å². The van der Waals surface area contributed by atoms with Crippen LogP contribution in [0.15, 0.2) is 0 Å². The molecule has 0 heterocycles. The molecule has 0 amide bonds. The van der Waals surface area contributed by atoms with Gasteiger partial charge in [-0.15, -0.1) is 0 Å². The Morgan fingerprint density at radius 3 is 2.61 bits per heavy atom. The van der Waals surface area contributed by atoms with Crippen LogP contribution in [-0.4, -0.2) is 14.3 Å². The third kappa shape index (κ3) is 4.73. The summed E-state index contributed by atoms with van der Waals surface area (Å²) in [4.78, 5) is 17.2. The van der Waals surface area contributed by atoms with Gasteiger partial charge in [-0.3, -0.25) is 0 Å². The summed E-state index contributed by atoms with van der Waals surface area (Å²) in [6, 6.07) is 1.05. The van der Waals surface area contributed by atoms with Crippen LogP contribution in [0, 0.1) is 11.8 Å². The monoisotopic (exact) mass is 272 g/mol. The summed E-state index contributed by atoms with van der Waals surface area (Å²) >= 11 is 0. The molecular formula is C14H28O3Si. The molecule has 0 aromatic heterocycles. The predicted molar refractivity (Wildman–Crippen MR) is 75.5 cm³/mol. The van der Waals surface area contributed by atoms with Gasteiger partial charge in [0.25, 0.3) is 0 Å². The second-order valence-electron chi connectivity index (χ2n) is 6.05. The van der Waals surface area contributed by atoms with Crippen LogP contribution in [0.4, 0.5) is 0 Å². The molecule has 4 heteroatoms. The van der Waals surface area contributed by atoms with Crippen molar-refractivity contribution in [2.45, 2.75) is 71.5 Å². The van der Waals surface area contributed by atoms with Crippen molar-refractivity contribution in [2.24, 2.45) is 11.8 Å². The Balaban J connectivity index is 2.36. The molecule has 0 aromatic rings. The van der Waals surface area contributed by atoms with Crippen LogP contribution >= 0.6 is 0 Å². The van der Waals surface area contributed by atoms with Crippen molar-refractivity contribution >= 4 is 14.3 Å². The van der Waals surface area contributed by atoms with Crippen LogP contribution in [-0.2, 0) is 14.3 Å². The van der Waals surface area contributed by atoms with E-state index in [1.165, 1.54) is 0 Å². The Morgan fingerprint density at radius 2 is 2.00 bits per heavy atom. The smallest absolute Gasteiger partial charge is 0.310 e. The van der Waals surface area contributed by atoms with E-state index in [4.69, 9.17) is 9.46 Å². The summed E-state index contributed by atoms with van der Waals surface area (Å²) in [6.45, 7) is 8.54. The van der Waals surface area contributed by atoms with E-state index in [9.17, 15) is 4.79 Å². The average molecular weight is 272 g/mol. The normalized spacial score (nSPS) is 24.2. The molecule has 2 unspecified atom stereocenters. The van der Waals surface area contributed by atoms with Crippen LogP contribution in [0.25, 0.3) is 0 Å². The van der Waals surface area contributed by atoms with E-state index < -0.39 is 8.32 Å². The first-order chi connectivity index (χ1) is 8.50. The van der Waals surface area contributed by atoms with Crippen LogP contribution < -0.4 is 0 Å². The predicted octanol–water partition coefficient (Wildman–Crippen LogP) is 4.29. The van der Waals surface area contributed by atoms with Gasteiger partial charge in [0.15, 0.2) is 0 Å². The minimum Gasteiger partial charge on any atom is -0.310 e. The number of hydrogen-bond donors (Lipinski definition) is 0. The third-order valence-electron chi connectivity index (χ3n) is 3.97. The summed E-state index contributed by atoms with van der Waals surface area (Å²) in [6.07, 6.45) is 6.65. The molecule has 0 bridgehead atoms. The number of rotatable bonds is 7. The maximum atomic E-state index is 12.0. The molecule has 0 saturated heterocycles. The standard InChI is InChI=1S/C14H28O3Si/c1-5-7-11-18(3,4)17-16-14(15)13-10-8-9-12(13)6-2/h12-13H,5-11H2,1-4H3. The topological polar surface area (TPSA) is 35.5 Å². The second kappa shape index (κ2) is 7.29. The van der Waals surface area contributed by atoms with Gasteiger partial charge >= 0.3 is 5.97 Å². The zero-order chi connectivity index (χ0) is 13.6. The van der Waals surface area contributed by atoms with Crippen LogP contribution in [0.3, 0.4) is 0 Å². The summed E-state index contributed by atoms with van der Waals surface area (Å²) < 4.78 is 5.49. The fourth-order valence-corrected chi connectivity index (χ4v) is 4.29. The lowest BCUT2D eigenvalue weighted by molar-refractivity contribution is -0.226. The molecule has 1 rings (SSSR count). The largest absolute Gasteiger partial charge is 0.344 e. The summed E-state index contributed by atoms with van der Waals surface area (Å²) in [7, 11) is -1.81. The van der Waals surface area contributed by atoms with Crippen LogP contribution in [0.5, 0.6) is 0 Å². The maximum Gasteiger partial charge on any atom is 0.344 e. The Labute approximate surface area is 112 Å². The second-order valence-corrected chi connectivity index (χ2v) is 10.2. The first-order valence-corrected chi connectivity index (χ1v) is 10.5. The van der Waals surface area contributed by atoms with E-state index in [2.05, 4.69) is 26.9 Å². The van der Waals surface area contributed by atoms with E-state index in [0.717, 1.165) is 44.6 Å². The highest BCUT2D eigenvalue weighted by Crippen LogP contribution is 2.35. The lowest BCUT2D eigenvalue weighted by Crippen LogP contribution is -2.33. The molecule has 1 aliphatic rings. The van der Waals surface area contributed by atoms with Gasteiger partial charge in [0.05, 0.1) is 5.92 Å². The maximum absolute atomic E-state index is 12.0. The minimum absolute atomic E-state index is 0.0750. The van der Waals surface area contributed by atoms with Crippen LogP contribution in [0.1, 0.15) is 52.4 Å². The Bertz CT molecular complexity index is 266. The van der Waals surface area contributed by atoms with Crippen LogP contribution in [0.2, 0.25) is 19.1 Å². The van der Waals surface area contributed by atoms with Crippen molar-refractivity contribution in [2.75, 3.05) is 0 Å². The highest BCUT2D eigenvalue weighted by Gasteiger charge is 2.35. The number of hydrogen-bond acceptors (Lipinski definition) is 3. The van der Waals surface area contributed by atoms with Gasteiger partial charge in [-0.1, -0.05) is 39.5 Å². The molecule has 0 aliphatic heterocycles. The van der Waals surface area contributed by atoms with Crippen molar-refractivity contribution in [3.05, 3.63) is 0 Å². The molecule has 2 atom stereocenters. The zero-order valence-electron chi connectivity index (χ0n) is 12.3. The van der Waals surface area contributed by atoms with Gasteiger partial charge in [-0.2, -0.15) is 0 Å². The van der Waals surface area contributed by atoms with E-state index in [0.29, 0.717) is 5.92 Å². The van der Waals surface area contributed by atoms with Crippen molar-refractivity contribution in [3.8, 4) is 0 Å². The molecular weight excluding hydrogens is 244 g/mol. The first-order valence-electron chi connectivity index (χ1n) is 7.39. The van der Waals surface area contributed by atoms with Gasteiger partial charge in [0, 0.05) is 0 Å². The van der Waals surface area contributed by atoms with Gasteiger partial charge in [0.1, 0.15) is 0 Å². The van der Waals surface area contributed by atoms with Gasteiger partial charge in [-0.25, -0.2) is 9.37 Å². The molecule has 106 valence electrons. The molecule has 3 nitrogen and oxygen atoms in total. The molecule has 1 fully saturated rings. The van der Waals surface area contributed by atoms with Gasteiger partial charge in [-0.05, 0) is 37.9 Å². The molecule has 0 radical (unpaired) electrons. The minimum atomic E-state index is -1.81. The number of unbranched alkanes of at least 4 members (excludes halogenated alkanes) is 1. The third-order valence-corrected chi connectivity index (χ3v) is 6.06. The zero-order valence-corrected chi connectivity index (χ0v) is 13.3. The summed E-state index contributed by atoms with van der Waals surface area (Å²) in [5.74, 6) is 0.448. The highest BCUT2D eigenvalue weighted by atomic mass is 28.4. The molecule has 18 heavy (non-hydrogen) atoms. The SMILES string of the molecule is CCCC[Si](C)(C)OOC(=O)C1CCCC1CC. The molecule has 1 aliphatic carbocycles. The average Bonchev–Trinajstić information content (AvgIpc) is 2.82. The quantitative estimate of drug-likeness (QED) is 0.394. The van der Waals surface area contributed by atoms with Crippen molar-refractivity contribution in [1.82, 2.24) is 0 Å². The molecule has 1 saturated carbocycles. The number of carbonyl (C=O) groups excluding carboxylic acids is 1. The first kappa shape index (κ1) is 15.7. The van der Waals surface area contributed by atoms with E-state index in [1.54, 1.807) is 0 Å².